The molecular formula is C26H20N2OS2. The molecule has 3 nitrogen and oxygen atoms in total. The molecule has 31 heavy (non-hydrogen) atoms. The minimum Gasteiger partial charge on any atom is -0.322 e. The van der Waals surface area contributed by atoms with E-state index in [1.54, 1.807) is 22.7 Å². The molecule has 0 saturated heterocycles. The Hall–Kier alpha value is -3.28. The van der Waals surface area contributed by atoms with Crippen LogP contribution in [0.3, 0.4) is 0 Å². The number of amides is 1. The van der Waals surface area contributed by atoms with E-state index in [1.165, 1.54) is 9.75 Å². The van der Waals surface area contributed by atoms with Crippen molar-refractivity contribution in [1.29, 1.82) is 0 Å². The minimum absolute atomic E-state index is 0.127. The van der Waals surface area contributed by atoms with E-state index in [0.29, 0.717) is 5.56 Å². The third-order valence-electron chi connectivity index (χ3n) is 5.14. The number of aryl methyl sites for hydroxylation is 2. The van der Waals surface area contributed by atoms with Gasteiger partial charge in [0.2, 0.25) is 0 Å². The van der Waals surface area contributed by atoms with Gasteiger partial charge in [-0.15, -0.1) is 22.7 Å². The normalized spacial score (nSPS) is 11.0. The topological polar surface area (TPSA) is 42.0 Å². The molecule has 0 spiro atoms. The van der Waals surface area contributed by atoms with Crippen LogP contribution in [-0.2, 0) is 0 Å². The SMILES string of the molecule is Cc1ccc(NC(=O)c2cc(-c3ccc(-c4cccs4)s3)nc3ccc(C)cc23)cc1. The van der Waals surface area contributed by atoms with E-state index in [9.17, 15) is 4.79 Å². The van der Waals surface area contributed by atoms with Crippen LogP contribution in [0.15, 0.2) is 78.2 Å². The van der Waals surface area contributed by atoms with Crippen LogP contribution in [0.2, 0.25) is 0 Å². The number of carbonyl (C=O) groups excluding carboxylic acids is 1. The Morgan fingerprint density at radius 3 is 2.39 bits per heavy atom. The van der Waals surface area contributed by atoms with Crippen molar-refractivity contribution < 1.29 is 4.79 Å². The van der Waals surface area contributed by atoms with Crippen LogP contribution in [0, 0.1) is 13.8 Å². The van der Waals surface area contributed by atoms with Crippen molar-refractivity contribution in [3.63, 3.8) is 0 Å². The van der Waals surface area contributed by atoms with Gasteiger partial charge < -0.3 is 5.32 Å². The summed E-state index contributed by atoms with van der Waals surface area (Å²) < 4.78 is 0. The number of aromatic nitrogens is 1. The molecule has 5 aromatic rings. The Kier molecular flexibility index (Phi) is 5.14. The number of benzene rings is 2. The molecule has 152 valence electrons. The lowest BCUT2D eigenvalue weighted by Crippen LogP contribution is -2.13. The second-order valence-corrected chi connectivity index (χ2v) is 9.57. The molecule has 1 N–H and O–H groups in total. The summed E-state index contributed by atoms with van der Waals surface area (Å²) in [6, 6.07) is 24.2. The third-order valence-corrected chi connectivity index (χ3v) is 7.31. The zero-order chi connectivity index (χ0) is 21.4. The first-order valence-electron chi connectivity index (χ1n) is 10.0. The number of hydrogen-bond donors (Lipinski definition) is 1. The molecule has 0 bridgehead atoms. The van der Waals surface area contributed by atoms with Crippen molar-refractivity contribution >= 4 is 45.2 Å². The standard InChI is InChI=1S/C26H20N2OS2/c1-16-5-8-18(9-6-16)27-26(29)20-15-22(28-21-10-7-17(2)14-19(20)21)23-11-12-25(31-23)24-4-3-13-30-24/h3-15H,1-2H3,(H,27,29). The maximum absolute atomic E-state index is 13.3. The van der Waals surface area contributed by atoms with Gasteiger partial charge in [-0.2, -0.15) is 0 Å². The molecule has 3 heterocycles. The van der Waals surface area contributed by atoms with Gasteiger partial charge >= 0.3 is 0 Å². The van der Waals surface area contributed by atoms with E-state index < -0.39 is 0 Å². The number of hydrogen-bond acceptors (Lipinski definition) is 4. The van der Waals surface area contributed by atoms with Gasteiger partial charge in [-0.25, -0.2) is 4.98 Å². The summed E-state index contributed by atoms with van der Waals surface area (Å²) in [5, 5.41) is 5.99. The van der Waals surface area contributed by atoms with Gasteiger partial charge in [0.25, 0.3) is 5.91 Å². The van der Waals surface area contributed by atoms with Gasteiger partial charge in [-0.1, -0.05) is 35.4 Å². The summed E-state index contributed by atoms with van der Waals surface area (Å²) in [7, 11) is 0. The highest BCUT2D eigenvalue weighted by Gasteiger charge is 2.16. The van der Waals surface area contributed by atoms with Crippen LogP contribution in [0.1, 0.15) is 21.5 Å². The third kappa shape index (κ3) is 4.02. The number of nitrogens with one attached hydrogen (secondary N) is 1. The van der Waals surface area contributed by atoms with Crippen molar-refractivity contribution in [3.8, 4) is 20.3 Å². The van der Waals surface area contributed by atoms with Gasteiger partial charge in [0, 0.05) is 20.8 Å². The predicted molar refractivity (Wildman–Crippen MR) is 132 cm³/mol. The van der Waals surface area contributed by atoms with Crippen molar-refractivity contribution in [3.05, 3.63) is 94.9 Å². The number of rotatable bonds is 4. The molecule has 0 aliphatic carbocycles. The Bertz CT molecular complexity index is 1380. The molecule has 0 saturated carbocycles. The molecule has 0 unspecified atom stereocenters. The maximum Gasteiger partial charge on any atom is 0.256 e. The Morgan fingerprint density at radius 2 is 1.61 bits per heavy atom. The number of thiophene rings is 2. The first-order valence-corrected chi connectivity index (χ1v) is 11.7. The average molecular weight is 441 g/mol. The molecule has 5 rings (SSSR count). The van der Waals surface area contributed by atoms with E-state index in [-0.39, 0.29) is 5.91 Å². The highest BCUT2D eigenvalue weighted by molar-refractivity contribution is 7.23. The molecule has 0 radical (unpaired) electrons. The van der Waals surface area contributed by atoms with Crippen LogP contribution in [-0.4, -0.2) is 10.9 Å². The Morgan fingerprint density at radius 1 is 0.839 bits per heavy atom. The van der Waals surface area contributed by atoms with Crippen molar-refractivity contribution in [2.45, 2.75) is 13.8 Å². The van der Waals surface area contributed by atoms with Crippen LogP contribution >= 0.6 is 22.7 Å². The van der Waals surface area contributed by atoms with Gasteiger partial charge in [-0.05, 0) is 67.8 Å². The fourth-order valence-corrected chi connectivity index (χ4v) is 5.32. The number of pyridine rings is 1. The highest BCUT2D eigenvalue weighted by atomic mass is 32.1. The molecule has 0 aliphatic rings. The lowest BCUT2D eigenvalue weighted by molar-refractivity contribution is 0.102. The molecular weight excluding hydrogens is 420 g/mol. The van der Waals surface area contributed by atoms with Crippen molar-refractivity contribution in [2.24, 2.45) is 0 Å². The van der Waals surface area contributed by atoms with E-state index in [2.05, 4.69) is 35.0 Å². The Labute approximate surface area is 189 Å². The van der Waals surface area contributed by atoms with E-state index in [4.69, 9.17) is 4.98 Å². The van der Waals surface area contributed by atoms with Gasteiger partial charge in [0.05, 0.1) is 21.7 Å². The lowest BCUT2D eigenvalue weighted by atomic mass is 10.0. The molecule has 0 aliphatic heterocycles. The highest BCUT2D eigenvalue weighted by Crippen LogP contribution is 2.37. The number of fused-ring (bicyclic) bond motifs is 1. The van der Waals surface area contributed by atoms with Gasteiger partial charge in [-0.3, -0.25) is 4.79 Å². The van der Waals surface area contributed by atoms with Crippen molar-refractivity contribution in [2.75, 3.05) is 5.32 Å². The molecule has 0 atom stereocenters. The first kappa shape index (κ1) is 19.7. The van der Waals surface area contributed by atoms with Crippen LogP contribution < -0.4 is 5.32 Å². The number of nitrogens with zero attached hydrogens (tertiary/aromatic N) is 1. The summed E-state index contributed by atoms with van der Waals surface area (Å²) in [5.41, 5.74) is 5.31. The van der Waals surface area contributed by atoms with Crippen LogP contribution in [0.5, 0.6) is 0 Å². The smallest absolute Gasteiger partial charge is 0.256 e. The Balaban J connectivity index is 1.58. The summed E-state index contributed by atoms with van der Waals surface area (Å²) in [5.74, 6) is -0.127. The molecule has 5 heteroatoms. The summed E-state index contributed by atoms with van der Waals surface area (Å²) >= 11 is 3.42. The monoisotopic (exact) mass is 440 g/mol. The lowest BCUT2D eigenvalue weighted by Gasteiger charge is -2.11. The fourth-order valence-electron chi connectivity index (χ4n) is 3.52. The zero-order valence-electron chi connectivity index (χ0n) is 17.2. The molecule has 3 aromatic heterocycles. The molecule has 0 fully saturated rings. The zero-order valence-corrected chi connectivity index (χ0v) is 18.8. The average Bonchev–Trinajstić information content (AvgIpc) is 3.46. The largest absolute Gasteiger partial charge is 0.322 e. The first-order chi connectivity index (χ1) is 15.1. The predicted octanol–water partition coefficient (Wildman–Crippen LogP) is 7.56. The van der Waals surface area contributed by atoms with Crippen LogP contribution in [0.25, 0.3) is 31.2 Å². The molecule has 1 amide bonds. The van der Waals surface area contributed by atoms with Crippen molar-refractivity contribution in [1.82, 2.24) is 4.98 Å². The second-order valence-electron chi connectivity index (χ2n) is 7.54. The van der Waals surface area contributed by atoms with E-state index >= 15 is 0 Å². The van der Waals surface area contributed by atoms with Gasteiger partial charge in [0.15, 0.2) is 0 Å². The quantitative estimate of drug-likeness (QED) is 0.313. The minimum atomic E-state index is -0.127. The second kappa shape index (κ2) is 8.10. The van der Waals surface area contributed by atoms with Gasteiger partial charge in [0.1, 0.15) is 0 Å². The maximum atomic E-state index is 13.3. The number of anilines is 1. The summed E-state index contributed by atoms with van der Waals surface area (Å²) in [4.78, 5) is 21.6. The fraction of sp³-hybridized carbons (Fsp3) is 0.0769. The molecule has 2 aromatic carbocycles. The summed E-state index contributed by atoms with van der Waals surface area (Å²) in [6.45, 7) is 4.06. The van der Waals surface area contributed by atoms with Crippen LogP contribution in [0.4, 0.5) is 5.69 Å². The van der Waals surface area contributed by atoms with E-state index in [0.717, 1.165) is 38.3 Å². The summed E-state index contributed by atoms with van der Waals surface area (Å²) in [6.07, 6.45) is 0. The number of carbonyl (C=O) groups is 1. The van der Waals surface area contributed by atoms with E-state index in [1.807, 2.05) is 62.4 Å².